The van der Waals surface area contributed by atoms with Crippen molar-refractivity contribution in [3.63, 3.8) is 0 Å². The highest BCUT2D eigenvalue weighted by molar-refractivity contribution is 6.11. The zero-order chi connectivity index (χ0) is 37.1. The van der Waals surface area contributed by atoms with Crippen molar-refractivity contribution in [3.05, 3.63) is 197 Å². The van der Waals surface area contributed by atoms with Gasteiger partial charge in [-0.05, 0) is 89.8 Å². The maximum atomic E-state index is 9.80. The molecule has 0 fully saturated rings. The van der Waals surface area contributed by atoms with E-state index >= 15 is 0 Å². The maximum Gasteiger partial charge on any atom is 0.188 e. The van der Waals surface area contributed by atoms with E-state index in [0.717, 1.165) is 100 Å². The van der Waals surface area contributed by atoms with Gasteiger partial charge in [-0.3, -0.25) is 9.97 Å². The van der Waals surface area contributed by atoms with Crippen LogP contribution in [-0.4, -0.2) is 19.1 Å². The number of fused-ring (bicyclic) bond motifs is 15. The summed E-state index contributed by atoms with van der Waals surface area (Å²) in [7, 11) is 0. The van der Waals surface area contributed by atoms with E-state index < -0.39 is 5.41 Å². The van der Waals surface area contributed by atoms with E-state index in [1.807, 2.05) is 79.1 Å². The van der Waals surface area contributed by atoms with Gasteiger partial charge in [-0.1, -0.05) is 66.7 Å². The fraction of sp³-hybridized carbons (Fsp3) is 0.0204. The van der Waals surface area contributed by atoms with Crippen LogP contribution in [0.15, 0.2) is 158 Å². The predicted octanol–water partition coefficient (Wildman–Crippen LogP) is 11.6. The topological polar surface area (TPSA) is 73.0 Å². The van der Waals surface area contributed by atoms with Gasteiger partial charge >= 0.3 is 0 Å². The molecule has 1 aliphatic carbocycles. The average Bonchev–Trinajstić information content (AvgIpc) is 3.87. The average molecular weight is 715 g/mol. The molecular weight excluding hydrogens is 689 g/mol. The van der Waals surface area contributed by atoms with Crippen molar-refractivity contribution in [3.8, 4) is 40.3 Å². The molecule has 1 unspecified atom stereocenters. The van der Waals surface area contributed by atoms with E-state index in [9.17, 15) is 5.26 Å². The number of hydrogen-bond donors (Lipinski definition) is 0. The van der Waals surface area contributed by atoms with Crippen molar-refractivity contribution in [2.45, 2.75) is 5.41 Å². The quantitative estimate of drug-likeness (QED) is 0.167. The molecule has 0 saturated carbocycles. The van der Waals surface area contributed by atoms with Gasteiger partial charge < -0.3 is 13.9 Å². The van der Waals surface area contributed by atoms with E-state index in [1.165, 1.54) is 0 Å². The molecule has 0 amide bonds. The summed E-state index contributed by atoms with van der Waals surface area (Å²) in [6, 6.07) is 52.1. The molecule has 1 atom stereocenters. The Morgan fingerprint density at radius 1 is 0.554 bits per heavy atom. The lowest BCUT2D eigenvalue weighted by molar-refractivity contribution is 0.436. The minimum absolute atomic E-state index is 0.605. The molecule has 2 aliphatic rings. The fourth-order valence-electron chi connectivity index (χ4n) is 9.47. The first-order chi connectivity index (χ1) is 27.7. The first-order valence-corrected chi connectivity index (χ1v) is 18.4. The third kappa shape index (κ3) is 3.83. The SMILES string of the molecule is [C-]#[N+]c1ccc2c(c1)c1ccccc1n2-c1cnc2c(c1)C1(c3ccccc3Oc3ccc(-n4c5ccccc5c5cc(C#N)ccc54)cc31)c1cccnc1-2. The molecule has 0 bridgehead atoms. The molecule has 4 aromatic heterocycles. The normalized spacial score (nSPS) is 15.0. The van der Waals surface area contributed by atoms with Gasteiger partial charge in [0.05, 0.1) is 69.0 Å². The Morgan fingerprint density at radius 3 is 2.00 bits per heavy atom. The van der Waals surface area contributed by atoms with Gasteiger partial charge in [-0.25, -0.2) is 4.85 Å². The Morgan fingerprint density at radius 2 is 1.20 bits per heavy atom. The Kier molecular flexibility index (Phi) is 5.99. The summed E-state index contributed by atoms with van der Waals surface area (Å²) < 4.78 is 11.3. The number of nitrogens with zero attached hydrogens (tertiary/aromatic N) is 6. The number of benzene rings is 6. The van der Waals surface area contributed by atoms with Gasteiger partial charge in [-0.15, -0.1) is 0 Å². The van der Waals surface area contributed by atoms with E-state index in [-0.39, 0.29) is 0 Å². The first-order valence-electron chi connectivity index (χ1n) is 18.4. The second kappa shape index (κ2) is 11.0. The van der Waals surface area contributed by atoms with Crippen LogP contribution in [0.3, 0.4) is 0 Å². The monoisotopic (exact) mass is 714 g/mol. The molecule has 0 saturated heterocycles. The maximum absolute atomic E-state index is 9.80. The van der Waals surface area contributed by atoms with E-state index in [4.69, 9.17) is 21.3 Å². The number of pyridine rings is 2. The molecule has 6 aromatic carbocycles. The molecule has 0 radical (unpaired) electrons. The fourth-order valence-corrected chi connectivity index (χ4v) is 9.47. The van der Waals surface area contributed by atoms with Crippen LogP contribution in [0.25, 0.3) is 71.2 Å². The van der Waals surface area contributed by atoms with Crippen LogP contribution in [-0.2, 0) is 5.41 Å². The van der Waals surface area contributed by atoms with Gasteiger partial charge in [-0.2, -0.15) is 5.26 Å². The largest absolute Gasteiger partial charge is 0.457 e. The van der Waals surface area contributed by atoms with Crippen molar-refractivity contribution < 1.29 is 4.74 Å². The molecule has 1 aliphatic heterocycles. The molecule has 56 heavy (non-hydrogen) atoms. The summed E-state index contributed by atoms with van der Waals surface area (Å²) >= 11 is 0. The van der Waals surface area contributed by atoms with Crippen molar-refractivity contribution in [2.24, 2.45) is 0 Å². The number of aromatic nitrogens is 4. The highest BCUT2D eigenvalue weighted by Gasteiger charge is 2.52. The van der Waals surface area contributed by atoms with E-state index in [0.29, 0.717) is 11.3 Å². The van der Waals surface area contributed by atoms with Crippen molar-refractivity contribution >= 4 is 49.3 Å². The number of ether oxygens (including phenoxy) is 1. The number of hydrogen-bond acceptors (Lipinski definition) is 4. The number of para-hydroxylation sites is 3. The minimum atomic E-state index is -0.828. The third-order valence-corrected chi connectivity index (χ3v) is 11.7. The highest BCUT2D eigenvalue weighted by atomic mass is 16.5. The van der Waals surface area contributed by atoms with Gasteiger partial charge in [0.2, 0.25) is 0 Å². The molecule has 0 N–H and O–H groups in total. The lowest BCUT2D eigenvalue weighted by Gasteiger charge is -2.39. The predicted molar refractivity (Wildman–Crippen MR) is 219 cm³/mol. The summed E-state index contributed by atoms with van der Waals surface area (Å²) in [6.07, 6.45) is 3.79. The van der Waals surface area contributed by atoms with Crippen LogP contribution in [0.4, 0.5) is 5.69 Å². The Balaban J connectivity index is 1.18. The van der Waals surface area contributed by atoms with Crippen LogP contribution in [0, 0.1) is 17.9 Å². The van der Waals surface area contributed by atoms with Gasteiger partial charge in [0.1, 0.15) is 11.5 Å². The lowest BCUT2D eigenvalue weighted by Crippen LogP contribution is -2.32. The van der Waals surface area contributed by atoms with E-state index in [1.54, 1.807) is 0 Å². The molecule has 7 nitrogen and oxygen atoms in total. The second-order valence-corrected chi connectivity index (χ2v) is 14.4. The molecule has 1 spiro atoms. The van der Waals surface area contributed by atoms with Crippen molar-refractivity contribution in [2.75, 3.05) is 0 Å². The summed E-state index contributed by atoms with van der Waals surface area (Å²) in [5, 5.41) is 14.0. The van der Waals surface area contributed by atoms with Crippen molar-refractivity contribution in [1.82, 2.24) is 19.1 Å². The Hall–Kier alpha value is -8.00. The molecule has 12 rings (SSSR count). The first kappa shape index (κ1) is 30.5. The van der Waals surface area contributed by atoms with E-state index in [2.05, 4.69) is 98.9 Å². The smallest absolute Gasteiger partial charge is 0.188 e. The van der Waals surface area contributed by atoms with Crippen molar-refractivity contribution in [1.29, 1.82) is 5.26 Å². The van der Waals surface area contributed by atoms with Crippen LogP contribution < -0.4 is 4.74 Å². The summed E-state index contributed by atoms with van der Waals surface area (Å²) in [4.78, 5) is 14.0. The highest BCUT2D eigenvalue weighted by Crippen LogP contribution is 2.61. The Labute approximate surface area is 320 Å². The van der Waals surface area contributed by atoms with Gasteiger partial charge in [0, 0.05) is 44.7 Å². The lowest BCUT2D eigenvalue weighted by atomic mass is 9.66. The van der Waals surface area contributed by atoms with Gasteiger partial charge in [0.25, 0.3) is 0 Å². The molecule has 10 aromatic rings. The zero-order valence-corrected chi connectivity index (χ0v) is 29.6. The van der Waals surface area contributed by atoms with Crippen LogP contribution in [0.5, 0.6) is 11.5 Å². The number of nitriles is 1. The molecular formula is C49H26N6O. The Bertz CT molecular complexity index is 3450. The molecule has 7 heteroatoms. The third-order valence-electron chi connectivity index (χ3n) is 11.7. The molecule has 258 valence electrons. The van der Waals surface area contributed by atoms with Crippen LogP contribution in [0.1, 0.15) is 27.8 Å². The van der Waals surface area contributed by atoms with Gasteiger partial charge in [0.15, 0.2) is 5.69 Å². The zero-order valence-electron chi connectivity index (χ0n) is 29.6. The van der Waals surface area contributed by atoms with Crippen LogP contribution >= 0.6 is 0 Å². The minimum Gasteiger partial charge on any atom is -0.457 e. The second-order valence-electron chi connectivity index (χ2n) is 14.4. The molecule has 5 heterocycles. The number of rotatable bonds is 2. The standard InChI is InChI=1S/C49H26N6O/c1-51-30-17-20-44-36(24-30)34-10-3-6-14-42(34)55(44)32-26-40-48(53-28-32)47-38(12-8-22-52-47)49(40)37-11-4-7-15-45(37)56-46-21-18-31(25-39(46)49)54-41-13-5-2-9-33(41)35-23-29(27-50)16-19-43(35)54/h2-26,28H. The summed E-state index contributed by atoms with van der Waals surface area (Å²) in [5.41, 5.74) is 12.1. The summed E-state index contributed by atoms with van der Waals surface area (Å²) in [5.74, 6) is 1.54. The van der Waals surface area contributed by atoms with Crippen LogP contribution in [0.2, 0.25) is 0 Å². The summed E-state index contributed by atoms with van der Waals surface area (Å²) in [6.45, 7) is 7.71.